The highest BCUT2D eigenvalue weighted by atomic mass is 16.6. The first-order valence-electron chi connectivity index (χ1n) is 7.72. The molecular weight excluding hydrogens is 342 g/mol. The summed E-state index contributed by atoms with van der Waals surface area (Å²) in [6, 6.07) is 9.15. The average Bonchev–Trinajstić information content (AvgIpc) is 2.65. The van der Waals surface area contributed by atoms with Crippen molar-refractivity contribution in [3.05, 3.63) is 62.2 Å². The summed E-state index contributed by atoms with van der Waals surface area (Å²) < 4.78 is 10.5. The number of nitro benzene ring substituents is 2. The molecule has 2 aromatic carbocycles. The SMILES string of the molecule is COc1ccc(CCN(C)c2ccc([N+](=O)[O-])cc2[N+](=O)[O-])cc1OC. The number of anilines is 1. The topological polar surface area (TPSA) is 108 Å². The van der Waals surface area contributed by atoms with E-state index in [0.717, 1.165) is 11.6 Å². The molecule has 9 nitrogen and oxygen atoms in total. The second kappa shape index (κ2) is 8.15. The molecular formula is C17H19N3O6. The Bertz CT molecular complexity index is 824. The molecule has 0 amide bonds. The molecule has 0 aliphatic rings. The quantitative estimate of drug-likeness (QED) is 0.525. The number of methoxy groups -OCH3 is 2. The summed E-state index contributed by atoms with van der Waals surface area (Å²) in [5.41, 5.74) is 0.683. The van der Waals surface area contributed by atoms with Crippen LogP contribution in [0.1, 0.15) is 5.56 Å². The highest BCUT2D eigenvalue weighted by molar-refractivity contribution is 5.66. The number of non-ortho nitro benzene ring substituents is 1. The minimum atomic E-state index is -0.652. The van der Waals surface area contributed by atoms with Gasteiger partial charge in [0.15, 0.2) is 11.5 Å². The van der Waals surface area contributed by atoms with E-state index in [4.69, 9.17) is 9.47 Å². The highest BCUT2D eigenvalue weighted by Gasteiger charge is 2.21. The van der Waals surface area contributed by atoms with E-state index in [9.17, 15) is 20.2 Å². The van der Waals surface area contributed by atoms with E-state index < -0.39 is 9.85 Å². The molecule has 138 valence electrons. The largest absolute Gasteiger partial charge is 0.493 e. The van der Waals surface area contributed by atoms with Crippen LogP contribution in [0.4, 0.5) is 17.1 Å². The van der Waals surface area contributed by atoms with E-state index in [1.165, 1.54) is 12.1 Å². The predicted octanol–water partition coefficient (Wildman–Crippen LogP) is 3.20. The van der Waals surface area contributed by atoms with E-state index in [-0.39, 0.29) is 11.4 Å². The van der Waals surface area contributed by atoms with Gasteiger partial charge in [-0.25, -0.2) is 0 Å². The fraction of sp³-hybridized carbons (Fsp3) is 0.294. The van der Waals surface area contributed by atoms with Crippen LogP contribution >= 0.6 is 0 Å². The minimum absolute atomic E-state index is 0.297. The van der Waals surface area contributed by atoms with Gasteiger partial charge in [0.25, 0.3) is 11.4 Å². The molecule has 0 radical (unpaired) electrons. The zero-order valence-electron chi connectivity index (χ0n) is 14.7. The van der Waals surface area contributed by atoms with Crippen molar-refractivity contribution < 1.29 is 19.3 Å². The number of nitrogens with zero attached hydrogens (tertiary/aromatic N) is 3. The van der Waals surface area contributed by atoms with Crippen LogP contribution in [0, 0.1) is 20.2 Å². The van der Waals surface area contributed by atoms with Crippen LogP contribution in [-0.4, -0.2) is 37.7 Å². The van der Waals surface area contributed by atoms with Crippen LogP contribution in [0.3, 0.4) is 0 Å². The first-order chi connectivity index (χ1) is 12.4. The standard InChI is InChI=1S/C17H19N3O6/c1-18(9-8-12-4-7-16(25-2)17(10-12)26-3)14-6-5-13(19(21)22)11-15(14)20(23)24/h4-7,10-11H,8-9H2,1-3H3. The molecule has 0 saturated heterocycles. The Morgan fingerprint density at radius 2 is 1.65 bits per heavy atom. The van der Waals surface area contributed by atoms with Crippen LogP contribution in [0.5, 0.6) is 11.5 Å². The predicted molar refractivity (Wildman–Crippen MR) is 96.3 cm³/mol. The number of rotatable bonds is 8. The van der Waals surface area contributed by atoms with Crippen molar-refractivity contribution in [1.82, 2.24) is 0 Å². The fourth-order valence-corrected chi connectivity index (χ4v) is 2.55. The molecule has 0 fully saturated rings. The number of benzene rings is 2. The molecule has 2 aromatic rings. The Labute approximate surface area is 150 Å². The van der Waals surface area contributed by atoms with Crippen molar-refractivity contribution in [2.45, 2.75) is 6.42 Å². The molecule has 0 atom stereocenters. The summed E-state index contributed by atoms with van der Waals surface area (Å²) in [5.74, 6) is 1.23. The van der Waals surface area contributed by atoms with Crippen LogP contribution in [0.15, 0.2) is 36.4 Å². The van der Waals surface area contributed by atoms with Gasteiger partial charge >= 0.3 is 0 Å². The monoisotopic (exact) mass is 361 g/mol. The lowest BCUT2D eigenvalue weighted by Gasteiger charge is -2.19. The van der Waals surface area contributed by atoms with Gasteiger partial charge in [0.1, 0.15) is 5.69 Å². The Morgan fingerprint density at radius 1 is 0.962 bits per heavy atom. The summed E-state index contributed by atoms with van der Waals surface area (Å²) >= 11 is 0. The van der Waals surface area contributed by atoms with Gasteiger partial charge in [-0.1, -0.05) is 6.07 Å². The number of hydrogen-bond acceptors (Lipinski definition) is 7. The molecule has 0 bridgehead atoms. The van der Waals surface area contributed by atoms with Gasteiger partial charge in [-0.15, -0.1) is 0 Å². The van der Waals surface area contributed by atoms with Crippen molar-refractivity contribution in [2.75, 3.05) is 32.7 Å². The lowest BCUT2D eigenvalue weighted by molar-refractivity contribution is -0.393. The van der Waals surface area contributed by atoms with E-state index in [2.05, 4.69) is 0 Å². The van der Waals surface area contributed by atoms with Crippen molar-refractivity contribution in [3.63, 3.8) is 0 Å². The number of ether oxygens (including phenoxy) is 2. The third-order valence-corrected chi connectivity index (χ3v) is 3.96. The van der Waals surface area contributed by atoms with Gasteiger partial charge in [0.05, 0.1) is 30.1 Å². The van der Waals surface area contributed by atoms with Crippen molar-refractivity contribution in [1.29, 1.82) is 0 Å². The second-order valence-corrected chi connectivity index (χ2v) is 5.55. The first kappa shape index (κ1) is 19.0. The minimum Gasteiger partial charge on any atom is -0.493 e. The number of hydrogen-bond donors (Lipinski definition) is 0. The molecule has 0 aliphatic heterocycles. The molecule has 0 aromatic heterocycles. The zero-order valence-corrected chi connectivity index (χ0v) is 14.7. The second-order valence-electron chi connectivity index (χ2n) is 5.55. The fourth-order valence-electron chi connectivity index (χ4n) is 2.55. The smallest absolute Gasteiger partial charge is 0.299 e. The van der Waals surface area contributed by atoms with Gasteiger partial charge < -0.3 is 14.4 Å². The van der Waals surface area contributed by atoms with Gasteiger partial charge in [-0.2, -0.15) is 0 Å². The molecule has 0 unspecified atom stereocenters. The summed E-state index contributed by atoms with van der Waals surface area (Å²) in [5, 5.41) is 22.1. The van der Waals surface area contributed by atoms with Crippen LogP contribution in [0.25, 0.3) is 0 Å². The van der Waals surface area contributed by atoms with E-state index in [1.807, 2.05) is 12.1 Å². The number of likely N-dealkylation sites (N-methyl/N-ethyl adjacent to an activating group) is 1. The Balaban J connectivity index is 2.18. The van der Waals surface area contributed by atoms with E-state index in [1.54, 1.807) is 32.2 Å². The highest BCUT2D eigenvalue weighted by Crippen LogP contribution is 2.32. The third kappa shape index (κ3) is 4.18. The Morgan fingerprint density at radius 3 is 2.23 bits per heavy atom. The lowest BCUT2D eigenvalue weighted by atomic mass is 10.1. The molecule has 0 saturated carbocycles. The molecule has 2 rings (SSSR count). The molecule has 0 N–H and O–H groups in total. The van der Waals surface area contributed by atoms with Crippen LogP contribution in [-0.2, 0) is 6.42 Å². The van der Waals surface area contributed by atoms with Crippen LogP contribution in [0.2, 0.25) is 0 Å². The van der Waals surface area contributed by atoms with Crippen molar-refractivity contribution >= 4 is 17.1 Å². The van der Waals surface area contributed by atoms with Crippen molar-refractivity contribution in [3.8, 4) is 11.5 Å². The summed E-state index contributed by atoms with van der Waals surface area (Å²) in [7, 11) is 4.81. The van der Waals surface area contributed by atoms with Gasteiger partial charge in [-0.3, -0.25) is 20.2 Å². The van der Waals surface area contributed by atoms with Gasteiger partial charge in [-0.05, 0) is 30.2 Å². The van der Waals surface area contributed by atoms with Gasteiger partial charge in [0.2, 0.25) is 0 Å². The molecule has 0 aliphatic carbocycles. The average molecular weight is 361 g/mol. The summed E-state index contributed by atoms with van der Waals surface area (Å²) in [6.45, 7) is 0.480. The van der Waals surface area contributed by atoms with Gasteiger partial charge in [0, 0.05) is 19.7 Å². The van der Waals surface area contributed by atoms with Crippen LogP contribution < -0.4 is 14.4 Å². The normalized spacial score (nSPS) is 10.3. The lowest BCUT2D eigenvalue weighted by Crippen LogP contribution is -2.21. The maximum absolute atomic E-state index is 11.3. The van der Waals surface area contributed by atoms with E-state index >= 15 is 0 Å². The summed E-state index contributed by atoms with van der Waals surface area (Å²) in [4.78, 5) is 22.5. The van der Waals surface area contributed by atoms with Crippen molar-refractivity contribution in [2.24, 2.45) is 0 Å². The first-order valence-corrected chi connectivity index (χ1v) is 7.72. The third-order valence-electron chi connectivity index (χ3n) is 3.96. The zero-order chi connectivity index (χ0) is 19.3. The Kier molecular flexibility index (Phi) is 5.94. The summed E-state index contributed by atoms with van der Waals surface area (Å²) in [6.07, 6.45) is 0.602. The molecule has 9 heteroatoms. The maximum Gasteiger partial charge on any atom is 0.299 e. The maximum atomic E-state index is 11.3. The molecule has 0 spiro atoms. The Hall–Kier alpha value is -3.36. The number of nitro groups is 2. The van der Waals surface area contributed by atoms with E-state index in [0.29, 0.717) is 30.2 Å². The molecule has 0 heterocycles. The molecule has 26 heavy (non-hydrogen) atoms.